The maximum atomic E-state index is 13.5. The molecule has 0 bridgehead atoms. The second-order valence-corrected chi connectivity index (χ2v) is 16.5. The molecule has 3 amide bonds. The summed E-state index contributed by atoms with van der Waals surface area (Å²) in [5.41, 5.74) is 11.1. The fraction of sp³-hybridized carbons (Fsp3) is 0.282. The first kappa shape index (κ1) is 47.8. The lowest BCUT2D eigenvalue weighted by Crippen LogP contribution is -2.50. The van der Waals surface area contributed by atoms with Gasteiger partial charge in [0.05, 0.1) is 47.5 Å². The number of carbonyl (C=O) groups is 3. The van der Waals surface area contributed by atoms with Gasteiger partial charge in [0, 0.05) is 10.7 Å². The Morgan fingerprint density at radius 2 is 1.49 bits per heavy atom. The molecule has 0 unspecified atom stereocenters. The van der Waals surface area contributed by atoms with E-state index in [9.17, 15) is 41.5 Å². The summed E-state index contributed by atoms with van der Waals surface area (Å²) in [6.07, 6.45) is 1.42. The van der Waals surface area contributed by atoms with E-state index in [1.807, 2.05) is 26.3 Å². The Balaban J connectivity index is 0.000000340. The zero-order valence-corrected chi connectivity index (χ0v) is 34.9. The van der Waals surface area contributed by atoms with E-state index >= 15 is 0 Å². The summed E-state index contributed by atoms with van der Waals surface area (Å²) in [5.74, 6) is -1.75. The van der Waals surface area contributed by atoms with Crippen molar-refractivity contribution >= 4 is 61.3 Å². The molecular weight excluding hydrogens is 830 g/mol. The smallest absolute Gasteiger partial charge is 0.337 e. The number of benzene rings is 4. The number of hydroxylamine groups is 1. The van der Waals surface area contributed by atoms with Gasteiger partial charge in [0.1, 0.15) is 11.6 Å². The molecule has 4 aromatic carbocycles. The molecule has 0 aliphatic carbocycles. The molecule has 4 aromatic rings. The molecule has 0 fully saturated rings. The maximum absolute atomic E-state index is 13.5. The van der Waals surface area contributed by atoms with Gasteiger partial charge >= 0.3 is 12.0 Å². The highest BCUT2D eigenvalue weighted by atomic mass is 35.5. The standard InChI is InChI=1S/C25H30ClN5O6.2C7H8O3S/c1-3-4-20(14-5-7-18(24(33)34)19(27)11-14)29-25(35)31-13-22(30-36)28-12-16(23(31)32)9-15-10-17(26)6-8-21(15)37-2;2*1-6-2-4-7(5-3-6)11(8,9)10/h5-8,10-11,16,20,36H,3-4,9,12-13,27H2,1-2H3,(H,28,30)(H,29,35)(H,33,34);2*2-5H,1H3,(H,8,9,10)/t16-,20+;;/m0../s1. The Bertz CT molecular complexity index is 2290. The predicted octanol–water partition coefficient (Wildman–Crippen LogP) is 5.74. The predicted molar refractivity (Wildman–Crippen MR) is 220 cm³/mol. The van der Waals surface area contributed by atoms with Crippen LogP contribution < -0.4 is 21.3 Å². The van der Waals surface area contributed by atoms with Crippen LogP contribution in [0.1, 0.15) is 58.4 Å². The second-order valence-electron chi connectivity index (χ2n) is 13.2. The SMILES string of the molecule is CCC[C@@H](NC(=O)N1CC(NO)=NC[C@H](Cc2cc(Cl)ccc2OC)C1=O)c1ccc(C(=O)O)c(N)c1.Cc1ccc(S(=O)(=O)O)cc1.Cc1ccc(S(=O)(=O)O)cc1. The first-order valence-corrected chi connectivity index (χ1v) is 21.0. The fourth-order valence-electron chi connectivity index (χ4n) is 5.61. The van der Waals surface area contributed by atoms with E-state index in [0.29, 0.717) is 34.7 Å². The molecule has 20 heteroatoms. The van der Waals surface area contributed by atoms with E-state index in [1.54, 1.807) is 48.5 Å². The molecule has 8 N–H and O–H groups in total. The monoisotopic (exact) mass is 875 g/mol. The number of aromatic carboxylic acids is 1. The van der Waals surface area contributed by atoms with Crippen LogP contribution >= 0.6 is 11.6 Å². The average Bonchev–Trinajstić information content (AvgIpc) is 3.32. The van der Waals surface area contributed by atoms with E-state index in [-0.39, 0.29) is 46.4 Å². The summed E-state index contributed by atoms with van der Waals surface area (Å²) in [5, 5.41) is 22.1. The van der Waals surface area contributed by atoms with Crippen LogP contribution in [0.3, 0.4) is 0 Å². The number of amidine groups is 1. The Labute approximate surface area is 347 Å². The minimum absolute atomic E-state index is 0.0345. The molecule has 1 aliphatic rings. The molecular formula is C39H46ClN5O12S2. The topological polar surface area (TPSA) is 275 Å². The molecule has 0 saturated heterocycles. The third-order valence-electron chi connectivity index (χ3n) is 8.73. The van der Waals surface area contributed by atoms with Crippen molar-refractivity contribution < 1.29 is 55.4 Å². The number of hydrogen-bond acceptors (Lipinski definition) is 12. The number of carboxylic acid groups (broad SMARTS) is 1. The molecule has 0 radical (unpaired) electrons. The van der Waals surface area contributed by atoms with Gasteiger partial charge in [0.25, 0.3) is 20.2 Å². The van der Waals surface area contributed by atoms with Crippen LogP contribution in [0.4, 0.5) is 10.5 Å². The van der Waals surface area contributed by atoms with Gasteiger partial charge in [-0.1, -0.05) is 66.4 Å². The Morgan fingerprint density at radius 3 is 1.95 bits per heavy atom. The van der Waals surface area contributed by atoms with Crippen LogP contribution in [-0.4, -0.2) is 85.1 Å². The summed E-state index contributed by atoms with van der Waals surface area (Å²) in [4.78, 5) is 43.3. The number of carboxylic acids is 1. The van der Waals surface area contributed by atoms with Crippen molar-refractivity contribution in [3.63, 3.8) is 0 Å². The third-order valence-corrected chi connectivity index (χ3v) is 10.7. The van der Waals surface area contributed by atoms with Crippen molar-refractivity contribution in [2.45, 2.75) is 55.9 Å². The number of carbonyl (C=O) groups excluding carboxylic acids is 2. The van der Waals surface area contributed by atoms with Gasteiger partial charge in [-0.25, -0.2) is 9.59 Å². The average molecular weight is 876 g/mol. The number of nitrogen functional groups attached to an aromatic ring is 1. The van der Waals surface area contributed by atoms with Crippen molar-refractivity contribution in [1.29, 1.82) is 0 Å². The summed E-state index contributed by atoms with van der Waals surface area (Å²) in [6.45, 7) is 5.39. The van der Waals surface area contributed by atoms with E-state index < -0.39 is 50.1 Å². The molecule has 0 saturated carbocycles. The Kier molecular flexibility index (Phi) is 17.4. The van der Waals surface area contributed by atoms with Crippen LogP contribution in [0, 0.1) is 19.8 Å². The molecule has 0 aromatic heterocycles. The number of anilines is 1. The van der Waals surface area contributed by atoms with Crippen molar-refractivity contribution in [2.75, 3.05) is 25.9 Å². The molecule has 59 heavy (non-hydrogen) atoms. The molecule has 1 heterocycles. The lowest BCUT2D eigenvalue weighted by molar-refractivity contribution is -0.131. The van der Waals surface area contributed by atoms with Crippen LogP contribution in [0.15, 0.2) is 99.7 Å². The summed E-state index contributed by atoms with van der Waals surface area (Å²) < 4.78 is 64.5. The van der Waals surface area contributed by atoms with E-state index in [1.165, 1.54) is 43.5 Å². The number of aliphatic imine (C=N–C) groups is 1. The van der Waals surface area contributed by atoms with Crippen molar-refractivity contribution in [3.05, 3.63) is 118 Å². The highest BCUT2D eigenvalue weighted by molar-refractivity contribution is 7.86. The molecule has 318 valence electrons. The van der Waals surface area contributed by atoms with E-state index in [0.717, 1.165) is 16.0 Å². The highest BCUT2D eigenvalue weighted by Gasteiger charge is 2.34. The lowest BCUT2D eigenvalue weighted by Gasteiger charge is -2.27. The zero-order chi connectivity index (χ0) is 44.1. The molecule has 5 rings (SSSR count). The van der Waals surface area contributed by atoms with Gasteiger partial charge in [-0.15, -0.1) is 0 Å². The summed E-state index contributed by atoms with van der Waals surface area (Å²) >= 11 is 6.14. The van der Waals surface area contributed by atoms with Crippen LogP contribution in [0.5, 0.6) is 5.75 Å². The number of nitrogens with two attached hydrogens (primary N) is 1. The van der Waals surface area contributed by atoms with E-state index in [4.69, 9.17) is 31.2 Å². The van der Waals surface area contributed by atoms with Gasteiger partial charge < -0.3 is 20.9 Å². The zero-order valence-electron chi connectivity index (χ0n) is 32.5. The largest absolute Gasteiger partial charge is 0.496 e. The van der Waals surface area contributed by atoms with Crippen molar-refractivity contribution in [1.82, 2.24) is 15.7 Å². The number of hydrogen-bond donors (Lipinski definition) is 7. The fourth-order valence-corrected chi connectivity index (χ4v) is 6.77. The van der Waals surface area contributed by atoms with Gasteiger partial charge in [0.15, 0.2) is 0 Å². The first-order valence-electron chi connectivity index (χ1n) is 17.8. The molecule has 2 atom stereocenters. The number of aryl methyl sites for hydroxylation is 2. The highest BCUT2D eigenvalue weighted by Crippen LogP contribution is 2.28. The molecule has 0 spiro atoms. The molecule has 17 nitrogen and oxygen atoms in total. The van der Waals surface area contributed by atoms with Gasteiger partial charge in [0.2, 0.25) is 5.91 Å². The van der Waals surface area contributed by atoms with Crippen LogP contribution in [-0.2, 0) is 31.5 Å². The number of nitrogens with zero attached hydrogens (tertiary/aromatic N) is 2. The second kappa shape index (κ2) is 21.4. The van der Waals surface area contributed by atoms with Crippen LogP contribution in [0.25, 0.3) is 0 Å². The Morgan fingerprint density at radius 1 is 0.932 bits per heavy atom. The van der Waals surface area contributed by atoms with Gasteiger partial charge in [-0.05, 0) is 92.4 Å². The lowest BCUT2D eigenvalue weighted by atomic mass is 9.97. The van der Waals surface area contributed by atoms with Crippen LogP contribution in [0.2, 0.25) is 5.02 Å². The van der Waals surface area contributed by atoms with E-state index in [2.05, 4.69) is 10.3 Å². The maximum Gasteiger partial charge on any atom is 0.337 e. The number of amides is 3. The number of urea groups is 1. The number of ether oxygens (including phenoxy) is 1. The van der Waals surface area contributed by atoms with Crippen molar-refractivity contribution in [2.24, 2.45) is 10.9 Å². The molecule has 1 aliphatic heterocycles. The number of methoxy groups -OCH3 is 1. The summed E-state index contributed by atoms with van der Waals surface area (Å²) in [6, 6.07) is 20.3. The number of halogens is 1. The third kappa shape index (κ3) is 14.3. The quantitative estimate of drug-likeness (QED) is 0.0569. The minimum Gasteiger partial charge on any atom is -0.496 e. The first-order chi connectivity index (χ1) is 27.7. The van der Waals surface area contributed by atoms with Crippen molar-refractivity contribution in [3.8, 4) is 5.75 Å². The number of nitrogens with one attached hydrogen (secondary N) is 2. The number of imide groups is 1. The Hall–Kier alpha value is -5.57. The van der Waals surface area contributed by atoms with Gasteiger partial charge in [-0.2, -0.15) is 16.8 Å². The minimum atomic E-state index is -4.02. The van der Waals surface area contributed by atoms with Gasteiger partial charge in [-0.3, -0.25) is 34.5 Å². The normalized spacial score (nSPS) is 14.6. The summed E-state index contributed by atoms with van der Waals surface area (Å²) in [7, 11) is -6.53. The number of rotatable bonds is 10.